The minimum Gasteiger partial charge on any atom is -0.348 e. The largest absolute Gasteiger partial charge is 0.348 e. The Bertz CT molecular complexity index is 1420. The van der Waals surface area contributed by atoms with E-state index in [0.717, 1.165) is 28.1 Å². The first kappa shape index (κ1) is 23.6. The number of hydrogen-bond acceptors (Lipinski definition) is 5. The molecule has 0 bridgehead atoms. The van der Waals surface area contributed by atoms with Crippen molar-refractivity contribution in [2.75, 3.05) is 13.2 Å². The lowest BCUT2D eigenvalue weighted by Gasteiger charge is -2.14. The molecular formula is C24H20Br2N2O5. The van der Waals surface area contributed by atoms with Crippen molar-refractivity contribution >= 4 is 60.0 Å². The van der Waals surface area contributed by atoms with Crippen LogP contribution in [0.15, 0.2) is 79.2 Å². The number of halogens is 2. The third-order valence-corrected chi connectivity index (χ3v) is 6.33. The van der Waals surface area contributed by atoms with Crippen LogP contribution in [0.25, 0.3) is 21.8 Å². The molecule has 0 aliphatic carbocycles. The Morgan fingerprint density at radius 2 is 1.30 bits per heavy atom. The van der Waals surface area contributed by atoms with E-state index in [9.17, 15) is 14.4 Å². The number of aromatic nitrogens is 2. The fraction of sp³-hybridized carbons (Fsp3) is 0.208. The van der Waals surface area contributed by atoms with Crippen LogP contribution < -0.4 is 11.1 Å². The molecule has 1 aliphatic rings. The number of rotatable bonds is 4. The number of pyridine rings is 2. The van der Waals surface area contributed by atoms with Crippen molar-refractivity contribution in [3.05, 3.63) is 90.3 Å². The first-order valence-electron chi connectivity index (χ1n) is 10.2. The number of benzene rings is 2. The van der Waals surface area contributed by atoms with Gasteiger partial charge in [0.15, 0.2) is 6.29 Å². The molecule has 7 nitrogen and oxygen atoms in total. The first-order chi connectivity index (χ1) is 16.0. The first-order valence-corrected chi connectivity index (χ1v) is 11.8. The van der Waals surface area contributed by atoms with E-state index in [1.807, 2.05) is 54.6 Å². The summed E-state index contributed by atoms with van der Waals surface area (Å²) in [6.07, 6.45) is 0.390. The quantitative estimate of drug-likeness (QED) is 0.342. The van der Waals surface area contributed by atoms with Crippen molar-refractivity contribution in [2.45, 2.75) is 19.4 Å². The molecule has 2 aromatic carbocycles. The van der Waals surface area contributed by atoms with Crippen LogP contribution in [-0.4, -0.2) is 34.9 Å². The lowest BCUT2D eigenvalue weighted by molar-refractivity contribution is -0.108. The van der Waals surface area contributed by atoms with Crippen molar-refractivity contribution < 1.29 is 14.3 Å². The van der Waals surface area contributed by atoms with Gasteiger partial charge in [0.1, 0.15) is 6.29 Å². The van der Waals surface area contributed by atoms with Crippen LogP contribution in [0.1, 0.15) is 0 Å². The van der Waals surface area contributed by atoms with Gasteiger partial charge in [-0.25, -0.2) is 0 Å². The summed E-state index contributed by atoms with van der Waals surface area (Å²) in [7, 11) is 0. The molecule has 1 saturated heterocycles. The van der Waals surface area contributed by atoms with Crippen molar-refractivity contribution in [1.82, 2.24) is 9.13 Å². The maximum absolute atomic E-state index is 12.2. The molecule has 4 aromatic rings. The fourth-order valence-electron chi connectivity index (χ4n) is 3.68. The van der Waals surface area contributed by atoms with E-state index < -0.39 is 0 Å². The lowest BCUT2D eigenvalue weighted by atomic mass is 10.2. The molecule has 0 spiro atoms. The van der Waals surface area contributed by atoms with Gasteiger partial charge < -0.3 is 23.4 Å². The fourth-order valence-corrected chi connectivity index (χ4v) is 4.60. The van der Waals surface area contributed by atoms with Crippen molar-refractivity contribution in [3.8, 4) is 0 Å². The summed E-state index contributed by atoms with van der Waals surface area (Å²) < 4.78 is 15.0. The molecule has 170 valence electrons. The Hall–Kier alpha value is -2.59. The number of fused-ring (bicyclic) bond motifs is 2. The number of para-hydroxylation sites is 2. The average molecular weight is 576 g/mol. The summed E-state index contributed by atoms with van der Waals surface area (Å²) in [5.41, 5.74) is 1.43. The van der Waals surface area contributed by atoms with Gasteiger partial charge in [0.25, 0.3) is 11.1 Å². The van der Waals surface area contributed by atoms with Crippen molar-refractivity contribution in [2.24, 2.45) is 0 Å². The Morgan fingerprint density at radius 3 is 1.85 bits per heavy atom. The standard InChI is InChI=1S/C13H12BrNO3.C11H8BrNO2/c14-10-7-9-3-1-2-4-11(9)15(13(10)16)8-12-17-5-6-18-12;12-9-7-8-3-1-2-4-10(8)13(5-6-14)11(9)15/h1-4,7,12H,5-6,8H2;1-4,6-7H,5H2. The smallest absolute Gasteiger partial charge is 0.265 e. The molecule has 0 radical (unpaired) electrons. The van der Waals surface area contributed by atoms with E-state index in [0.29, 0.717) is 28.7 Å². The highest BCUT2D eigenvalue weighted by atomic mass is 79.9. The van der Waals surface area contributed by atoms with E-state index in [1.165, 1.54) is 4.57 Å². The van der Waals surface area contributed by atoms with E-state index in [4.69, 9.17) is 9.47 Å². The molecule has 0 atom stereocenters. The maximum atomic E-state index is 12.2. The van der Waals surface area contributed by atoms with Gasteiger partial charge in [0.2, 0.25) is 0 Å². The molecule has 0 N–H and O–H groups in total. The van der Waals surface area contributed by atoms with Gasteiger partial charge in [-0.05, 0) is 66.9 Å². The van der Waals surface area contributed by atoms with Gasteiger partial charge in [-0.3, -0.25) is 9.59 Å². The molecule has 1 fully saturated rings. The summed E-state index contributed by atoms with van der Waals surface area (Å²) in [5, 5.41) is 1.95. The van der Waals surface area contributed by atoms with Gasteiger partial charge in [0.05, 0.1) is 46.3 Å². The van der Waals surface area contributed by atoms with E-state index in [1.54, 1.807) is 10.6 Å². The number of aldehydes is 1. The van der Waals surface area contributed by atoms with Crippen molar-refractivity contribution in [1.29, 1.82) is 0 Å². The highest BCUT2D eigenvalue weighted by Crippen LogP contribution is 2.18. The summed E-state index contributed by atoms with van der Waals surface area (Å²) in [6, 6.07) is 18.8. The number of nitrogens with zero attached hydrogens (tertiary/aromatic N) is 2. The van der Waals surface area contributed by atoms with E-state index >= 15 is 0 Å². The molecular weight excluding hydrogens is 556 g/mol. The highest BCUT2D eigenvalue weighted by Gasteiger charge is 2.18. The monoisotopic (exact) mass is 574 g/mol. The predicted molar refractivity (Wildman–Crippen MR) is 134 cm³/mol. The van der Waals surface area contributed by atoms with Gasteiger partial charge in [0, 0.05) is 0 Å². The molecule has 9 heteroatoms. The lowest BCUT2D eigenvalue weighted by Crippen LogP contribution is -2.27. The summed E-state index contributed by atoms with van der Waals surface area (Å²) in [5.74, 6) is 0. The summed E-state index contributed by atoms with van der Waals surface area (Å²) in [6.45, 7) is 1.67. The Kier molecular flexibility index (Phi) is 7.54. The zero-order chi connectivity index (χ0) is 23.4. The summed E-state index contributed by atoms with van der Waals surface area (Å²) in [4.78, 5) is 34.4. The zero-order valence-electron chi connectivity index (χ0n) is 17.4. The SMILES string of the molecule is O=CCn1c(=O)c(Br)cc2ccccc21.O=c1c(Br)cc2ccccc2n1CC1OCCO1. The Morgan fingerprint density at radius 1 is 0.818 bits per heavy atom. The van der Waals surface area contributed by atoms with E-state index in [-0.39, 0.29) is 24.0 Å². The number of ether oxygens (including phenoxy) is 2. The second-order valence-corrected chi connectivity index (χ2v) is 8.98. The normalized spacial score (nSPS) is 13.8. The van der Waals surface area contributed by atoms with Crippen LogP contribution in [0.2, 0.25) is 0 Å². The molecule has 0 amide bonds. The Balaban J connectivity index is 0.000000160. The van der Waals surface area contributed by atoms with Crippen LogP contribution in [0.4, 0.5) is 0 Å². The van der Waals surface area contributed by atoms with Crippen LogP contribution in [-0.2, 0) is 27.4 Å². The molecule has 5 rings (SSSR count). The van der Waals surface area contributed by atoms with Crippen LogP contribution in [0.3, 0.4) is 0 Å². The van der Waals surface area contributed by atoms with Crippen LogP contribution in [0, 0.1) is 0 Å². The number of hydrogen-bond donors (Lipinski definition) is 0. The minimum atomic E-state index is -0.333. The molecule has 0 unspecified atom stereocenters. The predicted octanol–water partition coefficient (Wildman–Crippen LogP) is 4.10. The minimum absolute atomic E-state index is 0.0622. The Labute approximate surface area is 205 Å². The van der Waals surface area contributed by atoms with E-state index in [2.05, 4.69) is 31.9 Å². The van der Waals surface area contributed by atoms with Gasteiger partial charge in [-0.15, -0.1) is 0 Å². The van der Waals surface area contributed by atoms with Crippen molar-refractivity contribution in [3.63, 3.8) is 0 Å². The number of carbonyl (C=O) groups is 1. The van der Waals surface area contributed by atoms with Crippen LogP contribution in [0.5, 0.6) is 0 Å². The number of carbonyl (C=O) groups excluding carboxylic acids is 1. The second-order valence-electron chi connectivity index (χ2n) is 7.27. The average Bonchev–Trinajstić information content (AvgIpc) is 3.34. The van der Waals surface area contributed by atoms with Gasteiger partial charge >= 0.3 is 0 Å². The highest BCUT2D eigenvalue weighted by molar-refractivity contribution is 9.10. The summed E-state index contributed by atoms with van der Waals surface area (Å²) >= 11 is 6.49. The molecule has 1 aliphatic heterocycles. The maximum Gasteiger partial charge on any atom is 0.265 e. The third-order valence-electron chi connectivity index (χ3n) is 5.20. The molecule has 33 heavy (non-hydrogen) atoms. The topological polar surface area (TPSA) is 79.5 Å². The molecule has 3 heterocycles. The van der Waals surface area contributed by atoms with Gasteiger partial charge in [-0.2, -0.15) is 0 Å². The molecule has 2 aromatic heterocycles. The van der Waals surface area contributed by atoms with Gasteiger partial charge in [-0.1, -0.05) is 36.4 Å². The molecule has 0 saturated carbocycles. The second kappa shape index (κ2) is 10.6. The third kappa shape index (κ3) is 5.16. The zero-order valence-corrected chi connectivity index (χ0v) is 20.6. The van der Waals surface area contributed by atoms with Crippen LogP contribution >= 0.6 is 31.9 Å².